The maximum Gasteiger partial charge on any atom is 0.320 e. The molecule has 3 aromatic rings. The van der Waals surface area contributed by atoms with Crippen LogP contribution in [0.3, 0.4) is 0 Å². The topological polar surface area (TPSA) is 87.6 Å². The second-order valence-electron chi connectivity index (χ2n) is 12.6. The summed E-state index contributed by atoms with van der Waals surface area (Å²) >= 11 is 6.99. The summed E-state index contributed by atoms with van der Waals surface area (Å²) in [6, 6.07) is 2.66. The number of aromatic nitrogens is 4. The van der Waals surface area contributed by atoms with Gasteiger partial charge in [0.2, 0.25) is 5.91 Å². The van der Waals surface area contributed by atoms with E-state index in [-0.39, 0.29) is 23.5 Å². The van der Waals surface area contributed by atoms with Crippen molar-refractivity contribution in [3.63, 3.8) is 0 Å². The van der Waals surface area contributed by atoms with Gasteiger partial charge in [0.05, 0.1) is 33.7 Å². The zero-order chi connectivity index (χ0) is 28.4. The molecule has 0 aromatic carbocycles. The summed E-state index contributed by atoms with van der Waals surface area (Å²) in [5, 5.41) is 1.38. The highest BCUT2D eigenvalue weighted by atomic mass is 35.5. The fourth-order valence-electron chi connectivity index (χ4n) is 8.24. The first-order valence-electron chi connectivity index (χ1n) is 15.5. The number of rotatable bonds is 6. The van der Waals surface area contributed by atoms with Gasteiger partial charge in [0.25, 0.3) is 0 Å². The molecule has 0 unspecified atom stereocenters. The number of nitrogens with zero attached hydrogens (tertiary/aromatic N) is 7. The Morgan fingerprint density at radius 2 is 1.90 bits per heavy atom. The Morgan fingerprint density at radius 1 is 1.07 bits per heavy atom. The first-order valence-corrected chi connectivity index (χ1v) is 15.8. The number of ether oxygens (including phenoxy) is 1. The van der Waals surface area contributed by atoms with Gasteiger partial charge in [-0.15, -0.1) is 0 Å². The molecule has 1 amide bonds. The van der Waals surface area contributed by atoms with Crippen LogP contribution in [0.5, 0.6) is 6.01 Å². The highest BCUT2D eigenvalue weighted by Gasteiger charge is 2.49. The van der Waals surface area contributed by atoms with Crippen LogP contribution in [0.1, 0.15) is 56.1 Å². The highest BCUT2D eigenvalue weighted by molar-refractivity contribution is 6.34. The number of carbonyl (C=O) groups is 1. The molecule has 4 fully saturated rings. The van der Waals surface area contributed by atoms with E-state index in [0.717, 1.165) is 74.9 Å². The van der Waals surface area contributed by atoms with Crippen molar-refractivity contribution in [2.24, 2.45) is 0 Å². The van der Waals surface area contributed by atoms with E-state index in [9.17, 15) is 4.79 Å². The van der Waals surface area contributed by atoms with E-state index >= 15 is 0 Å². The molecule has 0 bridgehead atoms. The van der Waals surface area contributed by atoms with Gasteiger partial charge in [0.15, 0.2) is 5.65 Å². The molecule has 4 saturated heterocycles. The predicted octanol–water partition coefficient (Wildman–Crippen LogP) is 4.60. The predicted molar refractivity (Wildman–Crippen MR) is 162 cm³/mol. The lowest BCUT2D eigenvalue weighted by Crippen LogP contribution is -2.63. The Bertz CT molecular complexity index is 1580. The van der Waals surface area contributed by atoms with E-state index in [1.807, 2.05) is 23.4 Å². The first-order chi connectivity index (χ1) is 20.5. The van der Waals surface area contributed by atoms with Gasteiger partial charge < -0.3 is 14.5 Å². The molecule has 2 atom stereocenters. The van der Waals surface area contributed by atoms with Gasteiger partial charge in [-0.2, -0.15) is 9.97 Å². The standard InChI is InChI=1S/C32H36ClN7O2/c1-2-27(41)39-14-9-25-26(39)18-40(25)30-22-15-24(33)28(23-17-34-16-20-7-3-4-8-21(20)23)35-29(22)36-31(37-30)42-19-32-10-5-12-38(32)13-6-11-32/h2,15-17,25-26H,1,3-14,18-19H2/t25-,26-/m1/s1. The summed E-state index contributed by atoms with van der Waals surface area (Å²) in [6.45, 7) is 7.98. The summed E-state index contributed by atoms with van der Waals surface area (Å²) in [7, 11) is 0. The molecule has 5 aliphatic rings. The van der Waals surface area contributed by atoms with E-state index in [2.05, 4.69) is 21.4 Å². The van der Waals surface area contributed by atoms with Crippen LogP contribution in [0.4, 0.5) is 5.82 Å². The average molecular weight is 586 g/mol. The first kappa shape index (κ1) is 26.3. The van der Waals surface area contributed by atoms with E-state index in [0.29, 0.717) is 35.5 Å². The summed E-state index contributed by atoms with van der Waals surface area (Å²) in [6.07, 6.45) is 15.3. The summed E-state index contributed by atoms with van der Waals surface area (Å²) < 4.78 is 6.46. The van der Waals surface area contributed by atoms with Gasteiger partial charge >= 0.3 is 6.01 Å². The third-order valence-corrected chi connectivity index (χ3v) is 10.7. The quantitative estimate of drug-likeness (QED) is 0.388. The minimum atomic E-state index is -0.00943. The van der Waals surface area contributed by atoms with E-state index in [1.165, 1.54) is 36.5 Å². The molecule has 4 aliphatic heterocycles. The van der Waals surface area contributed by atoms with Crippen LogP contribution in [0.15, 0.2) is 31.1 Å². The molecular formula is C32H36ClN7O2. The maximum absolute atomic E-state index is 12.4. The smallest absolute Gasteiger partial charge is 0.320 e. The van der Waals surface area contributed by atoms with Crippen LogP contribution in [0.25, 0.3) is 22.3 Å². The van der Waals surface area contributed by atoms with Crippen molar-refractivity contribution in [1.29, 1.82) is 0 Å². The lowest BCUT2D eigenvalue weighted by molar-refractivity contribution is -0.127. The number of hydrogen-bond donors (Lipinski definition) is 0. The Balaban J connectivity index is 1.19. The number of anilines is 1. The molecule has 0 radical (unpaired) electrons. The van der Waals surface area contributed by atoms with E-state index < -0.39 is 0 Å². The highest BCUT2D eigenvalue weighted by Crippen LogP contribution is 2.43. The van der Waals surface area contributed by atoms with E-state index in [4.69, 9.17) is 31.3 Å². The van der Waals surface area contributed by atoms with Crippen LogP contribution in [-0.2, 0) is 17.6 Å². The monoisotopic (exact) mass is 585 g/mol. The van der Waals surface area contributed by atoms with Crippen molar-refractivity contribution in [2.75, 3.05) is 37.7 Å². The number of fused-ring (bicyclic) bond motifs is 4. The molecule has 0 spiro atoms. The number of hydrogen-bond acceptors (Lipinski definition) is 8. The van der Waals surface area contributed by atoms with Crippen LogP contribution >= 0.6 is 11.6 Å². The minimum Gasteiger partial charge on any atom is -0.461 e. The number of likely N-dealkylation sites (tertiary alicyclic amines) is 1. The molecular weight excluding hydrogens is 550 g/mol. The normalized spacial score (nSPS) is 24.3. The fourth-order valence-corrected chi connectivity index (χ4v) is 8.50. The van der Waals surface area contributed by atoms with Crippen LogP contribution in [-0.4, -0.2) is 86.1 Å². The van der Waals surface area contributed by atoms with Crippen LogP contribution < -0.4 is 9.64 Å². The molecule has 8 rings (SSSR count). The van der Waals surface area contributed by atoms with Gasteiger partial charge in [-0.3, -0.25) is 14.7 Å². The Hall–Kier alpha value is -3.30. The number of pyridine rings is 2. The van der Waals surface area contributed by atoms with Crippen LogP contribution in [0, 0.1) is 0 Å². The maximum atomic E-state index is 12.4. The lowest BCUT2D eigenvalue weighted by Gasteiger charge is -2.47. The zero-order valence-electron chi connectivity index (χ0n) is 23.9. The second kappa shape index (κ2) is 10.2. The molecule has 0 saturated carbocycles. The fraction of sp³-hybridized carbons (Fsp3) is 0.531. The third kappa shape index (κ3) is 4.11. The van der Waals surface area contributed by atoms with Gasteiger partial charge in [0, 0.05) is 31.0 Å². The zero-order valence-corrected chi connectivity index (χ0v) is 24.7. The average Bonchev–Trinajstić information content (AvgIpc) is 3.68. The van der Waals surface area contributed by atoms with Crippen molar-refractivity contribution >= 4 is 34.4 Å². The molecule has 218 valence electrons. The van der Waals surface area contributed by atoms with Crippen molar-refractivity contribution in [3.8, 4) is 17.3 Å². The van der Waals surface area contributed by atoms with Crippen molar-refractivity contribution in [2.45, 2.75) is 75.4 Å². The van der Waals surface area contributed by atoms with Gasteiger partial charge in [-0.05, 0) is 94.1 Å². The lowest BCUT2D eigenvalue weighted by atomic mass is 9.89. The van der Waals surface area contributed by atoms with Gasteiger partial charge in [-0.1, -0.05) is 18.2 Å². The molecule has 1 aliphatic carbocycles. The Morgan fingerprint density at radius 3 is 2.74 bits per heavy atom. The van der Waals surface area contributed by atoms with Crippen LogP contribution in [0.2, 0.25) is 5.02 Å². The number of amides is 1. The number of halogens is 1. The number of carbonyl (C=O) groups excluding carboxylic acids is 1. The molecule has 0 N–H and O–H groups in total. The number of aryl methyl sites for hydroxylation is 1. The Kier molecular flexibility index (Phi) is 6.37. The summed E-state index contributed by atoms with van der Waals surface area (Å²) in [5.41, 5.74) is 4.95. The SMILES string of the molecule is C=CC(=O)N1CC[C@@H]2[C@H]1CN2c1nc(OCC23CCCN2CCC3)nc2nc(-c3cncc4c3CCCC4)c(Cl)cc12. The molecule has 42 heavy (non-hydrogen) atoms. The van der Waals surface area contributed by atoms with E-state index in [1.54, 1.807) is 0 Å². The summed E-state index contributed by atoms with van der Waals surface area (Å²) in [4.78, 5) is 38.7. The molecule has 7 heterocycles. The van der Waals surface area contributed by atoms with Crippen molar-refractivity contribution in [3.05, 3.63) is 47.3 Å². The second-order valence-corrected chi connectivity index (χ2v) is 13.0. The molecule has 9 nitrogen and oxygen atoms in total. The van der Waals surface area contributed by atoms with Gasteiger partial charge in [-0.25, -0.2) is 4.98 Å². The molecule has 3 aromatic heterocycles. The summed E-state index contributed by atoms with van der Waals surface area (Å²) in [5.74, 6) is 0.773. The third-order valence-electron chi connectivity index (χ3n) is 10.4. The Labute approximate surface area is 250 Å². The minimum absolute atomic E-state index is 0.00943. The molecule has 10 heteroatoms. The van der Waals surface area contributed by atoms with Crippen molar-refractivity contribution in [1.82, 2.24) is 29.7 Å². The van der Waals surface area contributed by atoms with Gasteiger partial charge in [0.1, 0.15) is 12.4 Å². The van der Waals surface area contributed by atoms with Crippen molar-refractivity contribution < 1.29 is 9.53 Å². The largest absolute Gasteiger partial charge is 0.461 e.